The fraction of sp³-hybridized carbons (Fsp3) is 0.158. The van der Waals surface area contributed by atoms with Gasteiger partial charge in [-0.05, 0) is 37.3 Å². The van der Waals surface area contributed by atoms with Crippen LogP contribution in [0, 0.1) is 5.82 Å². The van der Waals surface area contributed by atoms with Crippen LogP contribution in [-0.2, 0) is 6.54 Å². The summed E-state index contributed by atoms with van der Waals surface area (Å²) < 4.78 is 16.4. The van der Waals surface area contributed by atoms with E-state index in [1.54, 1.807) is 27.9 Å². The Hall–Kier alpha value is -2.47. The number of carbonyl (C=O) groups is 1. The minimum absolute atomic E-state index is 0.177. The third kappa shape index (κ3) is 3.96. The van der Waals surface area contributed by atoms with E-state index < -0.39 is 0 Å². The first-order valence-corrected chi connectivity index (χ1v) is 8.71. The van der Waals surface area contributed by atoms with Gasteiger partial charge in [-0.2, -0.15) is 5.10 Å². The van der Waals surface area contributed by atoms with E-state index in [9.17, 15) is 9.18 Å². The highest BCUT2D eigenvalue weighted by atomic mass is 79.9. The molecular weight excluding hydrogens is 385 g/mol. The van der Waals surface area contributed by atoms with Crippen LogP contribution >= 0.6 is 15.9 Å². The average Bonchev–Trinajstić information content (AvgIpc) is 3.13. The Kier molecular flexibility index (Phi) is 5.28. The number of nitrogens with zero attached hydrogens (tertiary/aromatic N) is 3. The minimum atomic E-state index is -0.325. The number of carbonyl (C=O) groups excluding carboxylic acids is 1. The first-order chi connectivity index (χ1) is 12.1. The van der Waals surface area contributed by atoms with E-state index in [1.165, 1.54) is 12.3 Å². The van der Waals surface area contributed by atoms with Crippen molar-refractivity contribution < 1.29 is 9.18 Å². The van der Waals surface area contributed by atoms with Crippen LogP contribution in [0.2, 0.25) is 0 Å². The minimum Gasteiger partial charge on any atom is -0.334 e. The molecule has 0 saturated carbocycles. The SMILES string of the molecule is CCN(Cc1cc(Br)ccc1F)C(=O)c1cnn(-c2ccccc2)c1. The second kappa shape index (κ2) is 7.61. The van der Waals surface area contributed by atoms with Gasteiger partial charge < -0.3 is 4.90 Å². The molecule has 1 aromatic heterocycles. The molecule has 128 valence electrons. The van der Waals surface area contributed by atoms with Crippen LogP contribution in [0.3, 0.4) is 0 Å². The number of aromatic nitrogens is 2. The van der Waals surface area contributed by atoms with Gasteiger partial charge in [-0.15, -0.1) is 0 Å². The smallest absolute Gasteiger partial charge is 0.257 e. The molecule has 0 fully saturated rings. The molecule has 0 N–H and O–H groups in total. The number of hydrogen-bond acceptors (Lipinski definition) is 2. The Balaban J connectivity index is 1.81. The zero-order valence-corrected chi connectivity index (χ0v) is 15.3. The summed E-state index contributed by atoms with van der Waals surface area (Å²) in [4.78, 5) is 14.4. The predicted molar refractivity (Wildman–Crippen MR) is 98.1 cm³/mol. The fourth-order valence-corrected chi connectivity index (χ4v) is 2.94. The lowest BCUT2D eigenvalue weighted by atomic mass is 10.2. The summed E-state index contributed by atoms with van der Waals surface area (Å²) in [5.41, 5.74) is 1.82. The molecule has 0 spiro atoms. The van der Waals surface area contributed by atoms with E-state index in [1.807, 2.05) is 37.3 Å². The van der Waals surface area contributed by atoms with E-state index in [4.69, 9.17) is 0 Å². The van der Waals surface area contributed by atoms with Crippen molar-refractivity contribution in [3.63, 3.8) is 0 Å². The molecule has 0 unspecified atom stereocenters. The summed E-state index contributed by atoms with van der Waals surface area (Å²) in [5.74, 6) is -0.501. The summed E-state index contributed by atoms with van der Waals surface area (Å²) in [6.45, 7) is 2.55. The molecule has 3 aromatic rings. The molecule has 0 bridgehead atoms. The van der Waals surface area contributed by atoms with Crippen LogP contribution in [0.5, 0.6) is 0 Å². The molecule has 0 aliphatic carbocycles. The Morgan fingerprint density at radius 1 is 1.24 bits per heavy atom. The van der Waals surface area contributed by atoms with Crippen molar-refractivity contribution in [2.45, 2.75) is 13.5 Å². The van der Waals surface area contributed by atoms with E-state index >= 15 is 0 Å². The van der Waals surface area contributed by atoms with Gasteiger partial charge >= 0.3 is 0 Å². The molecule has 4 nitrogen and oxygen atoms in total. The molecule has 2 aromatic carbocycles. The number of para-hydroxylation sites is 1. The van der Waals surface area contributed by atoms with Crippen LogP contribution in [0.1, 0.15) is 22.8 Å². The van der Waals surface area contributed by atoms with Gasteiger partial charge in [0.15, 0.2) is 0 Å². The lowest BCUT2D eigenvalue weighted by molar-refractivity contribution is 0.0751. The van der Waals surface area contributed by atoms with Crippen molar-refractivity contribution in [3.8, 4) is 5.69 Å². The number of halogens is 2. The van der Waals surface area contributed by atoms with Crippen LogP contribution < -0.4 is 0 Å². The van der Waals surface area contributed by atoms with E-state index in [0.717, 1.165) is 10.2 Å². The third-order valence-electron chi connectivity index (χ3n) is 3.89. The quantitative estimate of drug-likeness (QED) is 0.633. The van der Waals surface area contributed by atoms with Crippen molar-refractivity contribution in [1.29, 1.82) is 0 Å². The normalized spacial score (nSPS) is 10.7. The topological polar surface area (TPSA) is 38.1 Å². The largest absolute Gasteiger partial charge is 0.334 e. The van der Waals surface area contributed by atoms with E-state index in [2.05, 4.69) is 21.0 Å². The van der Waals surface area contributed by atoms with Crippen LogP contribution in [0.4, 0.5) is 4.39 Å². The molecule has 0 atom stereocenters. The number of rotatable bonds is 5. The molecule has 0 saturated heterocycles. The summed E-state index contributed by atoms with van der Waals surface area (Å²) >= 11 is 3.34. The second-order valence-electron chi connectivity index (χ2n) is 5.56. The molecule has 0 radical (unpaired) electrons. The lowest BCUT2D eigenvalue weighted by Gasteiger charge is -2.20. The summed E-state index contributed by atoms with van der Waals surface area (Å²) in [5, 5.41) is 4.25. The lowest BCUT2D eigenvalue weighted by Crippen LogP contribution is -2.30. The maximum absolute atomic E-state index is 14.0. The fourth-order valence-electron chi connectivity index (χ4n) is 2.54. The van der Waals surface area contributed by atoms with Crippen molar-refractivity contribution >= 4 is 21.8 Å². The number of amides is 1. The molecule has 1 amide bonds. The van der Waals surface area contributed by atoms with Gasteiger partial charge in [0.2, 0.25) is 0 Å². The van der Waals surface area contributed by atoms with E-state index in [-0.39, 0.29) is 18.3 Å². The first-order valence-electron chi connectivity index (χ1n) is 7.91. The molecule has 6 heteroatoms. The number of hydrogen-bond donors (Lipinski definition) is 0. The summed E-state index contributed by atoms with van der Waals surface area (Å²) in [7, 11) is 0. The highest BCUT2D eigenvalue weighted by Gasteiger charge is 2.18. The zero-order chi connectivity index (χ0) is 17.8. The van der Waals surface area contributed by atoms with Crippen molar-refractivity contribution in [2.75, 3.05) is 6.54 Å². The Morgan fingerprint density at radius 3 is 2.72 bits per heavy atom. The van der Waals surface area contributed by atoms with Gasteiger partial charge in [0.05, 0.1) is 17.4 Å². The Bertz CT molecular complexity index is 879. The van der Waals surface area contributed by atoms with Crippen molar-refractivity contribution in [1.82, 2.24) is 14.7 Å². The van der Waals surface area contributed by atoms with Gasteiger partial charge in [-0.25, -0.2) is 9.07 Å². The Labute approximate surface area is 154 Å². The van der Waals surface area contributed by atoms with Gasteiger partial charge in [-0.3, -0.25) is 4.79 Å². The van der Waals surface area contributed by atoms with Gasteiger partial charge in [0.1, 0.15) is 5.82 Å². The second-order valence-corrected chi connectivity index (χ2v) is 6.48. The third-order valence-corrected chi connectivity index (χ3v) is 4.38. The summed E-state index contributed by atoms with van der Waals surface area (Å²) in [6.07, 6.45) is 3.23. The standard InChI is InChI=1S/C19H17BrFN3O/c1-2-23(12-14-10-16(20)8-9-18(14)21)19(25)15-11-22-24(13-15)17-6-4-3-5-7-17/h3-11,13H,2,12H2,1H3. The van der Waals surface area contributed by atoms with E-state index in [0.29, 0.717) is 17.7 Å². The highest BCUT2D eigenvalue weighted by molar-refractivity contribution is 9.10. The first kappa shape index (κ1) is 17.4. The average molecular weight is 402 g/mol. The molecule has 1 heterocycles. The van der Waals surface area contributed by atoms with Crippen LogP contribution in [0.25, 0.3) is 5.69 Å². The molecule has 0 aliphatic rings. The van der Waals surface area contributed by atoms with Gasteiger partial charge in [0, 0.05) is 29.3 Å². The van der Waals surface area contributed by atoms with Crippen molar-refractivity contribution in [2.24, 2.45) is 0 Å². The maximum atomic E-state index is 14.0. The monoisotopic (exact) mass is 401 g/mol. The molecule has 25 heavy (non-hydrogen) atoms. The van der Waals surface area contributed by atoms with Gasteiger partial charge in [-0.1, -0.05) is 34.1 Å². The highest BCUT2D eigenvalue weighted by Crippen LogP contribution is 2.18. The zero-order valence-electron chi connectivity index (χ0n) is 13.7. The summed E-state index contributed by atoms with van der Waals surface area (Å²) in [6, 6.07) is 14.3. The predicted octanol–water partition coefficient (Wildman–Crippen LogP) is 4.44. The number of benzene rings is 2. The molecule has 3 rings (SSSR count). The van der Waals surface area contributed by atoms with Gasteiger partial charge in [0.25, 0.3) is 5.91 Å². The van der Waals surface area contributed by atoms with Crippen LogP contribution in [-0.4, -0.2) is 27.1 Å². The Morgan fingerprint density at radius 2 is 2.00 bits per heavy atom. The molecule has 0 aliphatic heterocycles. The molecular formula is C19H17BrFN3O. The van der Waals surface area contributed by atoms with Crippen molar-refractivity contribution in [3.05, 3.63) is 82.3 Å². The van der Waals surface area contributed by atoms with Crippen LogP contribution in [0.15, 0.2) is 65.4 Å². The maximum Gasteiger partial charge on any atom is 0.257 e.